The Labute approximate surface area is 114 Å². The Hall–Kier alpha value is -0.380. The monoisotopic (exact) mass is 265 g/mol. The molecule has 2 saturated carbocycles. The van der Waals surface area contributed by atoms with Gasteiger partial charge in [-0.15, -0.1) is 11.3 Å². The average molecular weight is 265 g/mol. The largest absolute Gasteiger partial charge is 0.378 e. The normalized spacial score (nSPS) is 30.8. The molecule has 18 heavy (non-hydrogen) atoms. The van der Waals surface area contributed by atoms with E-state index < -0.39 is 0 Å². The molecular weight excluding hydrogens is 242 g/mol. The van der Waals surface area contributed by atoms with Crippen LogP contribution in [-0.2, 0) is 4.74 Å². The van der Waals surface area contributed by atoms with E-state index in [2.05, 4.69) is 36.7 Å². The van der Waals surface area contributed by atoms with Gasteiger partial charge in [0.15, 0.2) is 0 Å². The summed E-state index contributed by atoms with van der Waals surface area (Å²) in [5.41, 5.74) is 0.474. The fourth-order valence-corrected chi connectivity index (χ4v) is 4.34. The number of hydrogen-bond acceptors (Lipinski definition) is 3. The molecule has 1 N–H and O–H groups in total. The number of nitrogens with one attached hydrogen (secondary N) is 1. The molecule has 2 nitrogen and oxygen atoms in total. The minimum Gasteiger partial charge on any atom is -0.378 e. The first-order valence-electron chi connectivity index (χ1n) is 7.17. The molecule has 100 valence electrons. The average Bonchev–Trinajstić information content (AvgIpc) is 2.78. The van der Waals surface area contributed by atoms with E-state index in [-0.39, 0.29) is 0 Å². The Morgan fingerprint density at radius 3 is 2.94 bits per heavy atom. The van der Waals surface area contributed by atoms with E-state index in [9.17, 15) is 0 Å². The summed E-state index contributed by atoms with van der Waals surface area (Å²) in [6, 6.07) is 5.52. The zero-order chi connectivity index (χ0) is 12.6. The Balaban J connectivity index is 1.61. The topological polar surface area (TPSA) is 21.3 Å². The molecule has 2 aliphatic rings. The lowest BCUT2D eigenvalue weighted by molar-refractivity contribution is -0.174. The van der Waals surface area contributed by atoms with Crippen LogP contribution in [0.3, 0.4) is 0 Å². The Bertz CT molecular complexity index is 385. The van der Waals surface area contributed by atoms with Crippen LogP contribution in [0.15, 0.2) is 17.5 Å². The molecule has 0 saturated heterocycles. The summed E-state index contributed by atoms with van der Waals surface area (Å²) in [6.45, 7) is 5.26. The maximum atomic E-state index is 5.90. The molecule has 2 aliphatic carbocycles. The molecule has 3 rings (SSSR count). The van der Waals surface area contributed by atoms with Crippen molar-refractivity contribution in [2.75, 3.05) is 6.61 Å². The van der Waals surface area contributed by atoms with Crippen LogP contribution in [-0.4, -0.2) is 18.8 Å². The van der Waals surface area contributed by atoms with Gasteiger partial charge in [0, 0.05) is 29.0 Å². The molecule has 3 atom stereocenters. The Morgan fingerprint density at radius 1 is 1.56 bits per heavy atom. The van der Waals surface area contributed by atoms with Gasteiger partial charge in [0.25, 0.3) is 0 Å². The number of ether oxygens (including phenoxy) is 1. The van der Waals surface area contributed by atoms with Crippen LogP contribution < -0.4 is 5.32 Å². The van der Waals surface area contributed by atoms with Crippen LogP contribution in [0.1, 0.15) is 50.4 Å². The van der Waals surface area contributed by atoms with Crippen LogP contribution in [0.4, 0.5) is 0 Å². The highest BCUT2D eigenvalue weighted by Crippen LogP contribution is 2.57. The van der Waals surface area contributed by atoms with Gasteiger partial charge in [0.1, 0.15) is 0 Å². The molecule has 2 unspecified atom stereocenters. The number of rotatable bonds is 5. The third-order valence-electron chi connectivity index (χ3n) is 4.86. The first-order valence-corrected chi connectivity index (χ1v) is 8.05. The molecule has 1 heterocycles. The summed E-state index contributed by atoms with van der Waals surface area (Å²) in [7, 11) is 0. The second-order valence-corrected chi connectivity index (χ2v) is 6.70. The third-order valence-corrected chi connectivity index (χ3v) is 5.91. The lowest BCUT2D eigenvalue weighted by Crippen LogP contribution is -2.67. The molecule has 1 spiro atoms. The molecule has 0 amide bonds. The van der Waals surface area contributed by atoms with E-state index >= 15 is 0 Å². The predicted octanol–water partition coefficient (Wildman–Crippen LogP) is 3.75. The predicted molar refractivity (Wildman–Crippen MR) is 76.0 cm³/mol. The molecule has 3 heteroatoms. The second-order valence-electron chi connectivity index (χ2n) is 5.72. The Kier molecular flexibility index (Phi) is 3.48. The van der Waals surface area contributed by atoms with Crippen LogP contribution in [0.2, 0.25) is 0 Å². The molecule has 1 aromatic rings. The highest BCUT2D eigenvalue weighted by Gasteiger charge is 2.58. The zero-order valence-electron chi connectivity index (χ0n) is 11.3. The van der Waals surface area contributed by atoms with Gasteiger partial charge in [-0.1, -0.05) is 12.5 Å². The van der Waals surface area contributed by atoms with Gasteiger partial charge in [-0.3, -0.25) is 0 Å². The SMILES string of the molecule is CCOC1CC(N[C@@H](C)c2cccs2)C12CCC2. The van der Waals surface area contributed by atoms with Gasteiger partial charge in [0.05, 0.1) is 6.10 Å². The number of hydrogen-bond donors (Lipinski definition) is 1. The molecule has 0 radical (unpaired) electrons. The van der Waals surface area contributed by atoms with Crippen LogP contribution in [0, 0.1) is 5.41 Å². The standard InChI is InChI=1S/C15H23NOS/c1-3-17-14-10-13(15(14)7-5-8-15)16-11(2)12-6-4-9-18-12/h4,6,9,11,13-14,16H,3,5,7-8,10H2,1-2H3/t11-,13?,14?/m0/s1. The third kappa shape index (κ3) is 1.93. The molecule has 2 fully saturated rings. The lowest BCUT2D eigenvalue weighted by atomic mass is 9.51. The first-order chi connectivity index (χ1) is 8.76. The van der Waals surface area contributed by atoms with Crippen molar-refractivity contribution in [1.82, 2.24) is 5.32 Å². The van der Waals surface area contributed by atoms with Crippen molar-refractivity contribution >= 4 is 11.3 Å². The highest BCUT2D eigenvalue weighted by atomic mass is 32.1. The van der Waals surface area contributed by atoms with E-state index in [0.29, 0.717) is 23.6 Å². The molecular formula is C15H23NOS. The summed E-state index contributed by atoms with van der Waals surface area (Å²) in [5, 5.41) is 5.99. The summed E-state index contributed by atoms with van der Waals surface area (Å²) in [5.74, 6) is 0. The van der Waals surface area contributed by atoms with Gasteiger partial charge < -0.3 is 10.1 Å². The van der Waals surface area contributed by atoms with Gasteiger partial charge in [-0.2, -0.15) is 0 Å². The van der Waals surface area contributed by atoms with E-state index in [1.54, 1.807) is 0 Å². The smallest absolute Gasteiger partial charge is 0.0661 e. The van der Waals surface area contributed by atoms with Crippen molar-refractivity contribution in [3.8, 4) is 0 Å². The second kappa shape index (κ2) is 4.95. The summed E-state index contributed by atoms with van der Waals surface area (Å²) in [6.07, 6.45) is 5.81. The van der Waals surface area contributed by atoms with Crippen molar-refractivity contribution in [2.24, 2.45) is 5.41 Å². The minimum atomic E-state index is 0.474. The minimum absolute atomic E-state index is 0.474. The maximum absolute atomic E-state index is 5.90. The summed E-state index contributed by atoms with van der Waals surface area (Å²) < 4.78 is 5.90. The number of thiophene rings is 1. The van der Waals surface area contributed by atoms with Crippen LogP contribution in [0.5, 0.6) is 0 Å². The van der Waals surface area contributed by atoms with Gasteiger partial charge in [-0.25, -0.2) is 0 Å². The van der Waals surface area contributed by atoms with Gasteiger partial charge in [-0.05, 0) is 44.6 Å². The van der Waals surface area contributed by atoms with E-state index in [1.807, 2.05) is 11.3 Å². The van der Waals surface area contributed by atoms with E-state index in [0.717, 1.165) is 6.61 Å². The maximum Gasteiger partial charge on any atom is 0.0661 e. The van der Waals surface area contributed by atoms with Crippen molar-refractivity contribution in [3.63, 3.8) is 0 Å². The molecule has 0 aromatic carbocycles. The van der Waals surface area contributed by atoms with Gasteiger partial charge >= 0.3 is 0 Å². The molecule has 0 bridgehead atoms. The summed E-state index contributed by atoms with van der Waals surface area (Å²) in [4.78, 5) is 1.45. The summed E-state index contributed by atoms with van der Waals surface area (Å²) >= 11 is 1.85. The Morgan fingerprint density at radius 2 is 2.39 bits per heavy atom. The zero-order valence-corrected chi connectivity index (χ0v) is 12.1. The molecule has 1 aromatic heterocycles. The van der Waals surface area contributed by atoms with Crippen molar-refractivity contribution < 1.29 is 4.74 Å². The van der Waals surface area contributed by atoms with E-state index in [1.165, 1.54) is 30.6 Å². The fourth-order valence-electron chi connectivity index (χ4n) is 3.59. The molecule has 0 aliphatic heterocycles. The van der Waals surface area contributed by atoms with Crippen molar-refractivity contribution in [2.45, 2.75) is 57.7 Å². The highest BCUT2D eigenvalue weighted by molar-refractivity contribution is 7.10. The van der Waals surface area contributed by atoms with Crippen LogP contribution in [0.25, 0.3) is 0 Å². The fraction of sp³-hybridized carbons (Fsp3) is 0.733. The van der Waals surface area contributed by atoms with Crippen LogP contribution >= 0.6 is 11.3 Å². The first kappa shape index (κ1) is 12.6. The lowest BCUT2D eigenvalue weighted by Gasteiger charge is -2.61. The van der Waals surface area contributed by atoms with E-state index in [4.69, 9.17) is 4.74 Å². The quantitative estimate of drug-likeness (QED) is 0.875. The van der Waals surface area contributed by atoms with Crippen molar-refractivity contribution in [3.05, 3.63) is 22.4 Å². The van der Waals surface area contributed by atoms with Gasteiger partial charge in [0.2, 0.25) is 0 Å². The van der Waals surface area contributed by atoms with Crippen molar-refractivity contribution in [1.29, 1.82) is 0 Å².